The van der Waals surface area contributed by atoms with E-state index in [4.69, 9.17) is 21.1 Å². The van der Waals surface area contributed by atoms with Gasteiger partial charge in [-0.05, 0) is 31.5 Å². The molecule has 0 aliphatic rings. The fourth-order valence-electron chi connectivity index (χ4n) is 2.21. The van der Waals surface area contributed by atoms with Crippen molar-refractivity contribution in [2.45, 2.75) is 20.3 Å². The molecule has 0 radical (unpaired) electrons. The van der Waals surface area contributed by atoms with Crippen LogP contribution >= 0.6 is 22.9 Å². The van der Waals surface area contributed by atoms with Crippen LogP contribution in [0.3, 0.4) is 0 Å². The number of hydrogen-bond acceptors (Lipinski definition) is 9. The van der Waals surface area contributed by atoms with Gasteiger partial charge in [-0.15, -0.1) is 21.5 Å². The highest BCUT2D eigenvalue weighted by atomic mass is 35.5. The lowest BCUT2D eigenvalue weighted by Crippen LogP contribution is -2.30. The molecule has 0 fully saturated rings. The molecule has 0 aromatic carbocycles. The number of halogens is 1. The van der Waals surface area contributed by atoms with E-state index >= 15 is 0 Å². The standard InChI is InChI=1S/C18H21ClN4O5S/c1-4-11-8-12(18(26)27-5-2)17(29-11)20-15(24)10-28-16(25)9-23(3)14-7-6-13(19)21-22-14/h6-8H,4-5,9-10H2,1-3H3,(H,20,24). The number of aromatic nitrogens is 2. The van der Waals surface area contributed by atoms with Gasteiger partial charge in [-0.2, -0.15) is 0 Å². The molecular formula is C18H21ClN4O5S. The van der Waals surface area contributed by atoms with Gasteiger partial charge < -0.3 is 19.7 Å². The summed E-state index contributed by atoms with van der Waals surface area (Å²) in [4.78, 5) is 38.6. The second-order valence-electron chi connectivity index (χ2n) is 5.81. The van der Waals surface area contributed by atoms with Gasteiger partial charge in [-0.25, -0.2) is 4.79 Å². The summed E-state index contributed by atoms with van der Waals surface area (Å²) in [6.45, 7) is 3.26. The van der Waals surface area contributed by atoms with Crippen LogP contribution < -0.4 is 10.2 Å². The number of likely N-dealkylation sites (N-methyl/N-ethyl adjacent to an activating group) is 1. The van der Waals surface area contributed by atoms with E-state index in [1.807, 2.05) is 6.92 Å². The summed E-state index contributed by atoms with van der Waals surface area (Å²) in [6.07, 6.45) is 0.710. The lowest BCUT2D eigenvalue weighted by atomic mass is 10.2. The molecule has 0 atom stereocenters. The number of rotatable bonds is 9. The van der Waals surface area contributed by atoms with Crippen LogP contribution in [-0.2, 0) is 25.5 Å². The number of nitrogens with zero attached hydrogens (tertiary/aromatic N) is 3. The van der Waals surface area contributed by atoms with Crippen molar-refractivity contribution in [1.29, 1.82) is 0 Å². The van der Waals surface area contributed by atoms with E-state index in [0.29, 0.717) is 17.2 Å². The molecule has 0 unspecified atom stereocenters. The Kier molecular flexibility index (Phi) is 8.34. The van der Waals surface area contributed by atoms with E-state index in [0.717, 1.165) is 4.88 Å². The zero-order valence-corrected chi connectivity index (χ0v) is 17.8. The van der Waals surface area contributed by atoms with Gasteiger partial charge in [0, 0.05) is 11.9 Å². The number of amides is 1. The Morgan fingerprint density at radius 1 is 1.21 bits per heavy atom. The molecule has 1 amide bonds. The third-order valence-corrected chi connectivity index (χ3v) is 5.02. The summed E-state index contributed by atoms with van der Waals surface area (Å²) < 4.78 is 10.0. The minimum Gasteiger partial charge on any atom is -0.462 e. The largest absolute Gasteiger partial charge is 0.462 e. The van der Waals surface area contributed by atoms with Gasteiger partial charge in [-0.1, -0.05) is 18.5 Å². The van der Waals surface area contributed by atoms with Crippen molar-refractivity contribution in [3.63, 3.8) is 0 Å². The van der Waals surface area contributed by atoms with Crippen LogP contribution in [0.25, 0.3) is 0 Å². The summed E-state index contributed by atoms with van der Waals surface area (Å²) in [5.74, 6) is -1.25. The average molecular weight is 441 g/mol. The zero-order valence-electron chi connectivity index (χ0n) is 16.2. The van der Waals surface area contributed by atoms with Gasteiger partial charge in [0.05, 0.1) is 12.2 Å². The molecular weight excluding hydrogens is 420 g/mol. The van der Waals surface area contributed by atoms with Crippen LogP contribution in [0.5, 0.6) is 0 Å². The number of thiophene rings is 1. The molecule has 0 saturated carbocycles. The number of carbonyl (C=O) groups excluding carboxylic acids is 3. The minimum atomic E-state index is -0.620. The number of nitrogens with one attached hydrogen (secondary N) is 1. The molecule has 0 aliphatic heterocycles. The van der Waals surface area contributed by atoms with Crippen molar-refractivity contribution in [3.8, 4) is 0 Å². The Morgan fingerprint density at radius 2 is 1.97 bits per heavy atom. The van der Waals surface area contributed by atoms with E-state index in [1.165, 1.54) is 16.2 Å². The van der Waals surface area contributed by atoms with Crippen molar-refractivity contribution >= 4 is 51.6 Å². The van der Waals surface area contributed by atoms with Gasteiger partial charge in [0.25, 0.3) is 5.91 Å². The maximum absolute atomic E-state index is 12.2. The fourth-order valence-corrected chi connectivity index (χ4v) is 3.31. The third-order valence-electron chi connectivity index (χ3n) is 3.62. The average Bonchev–Trinajstić information content (AvgIpc) is 3.10. The molecule has 9 nitrogen and oxygen atoms in total. The quantitative estimate of drug-likeness (QED) is 0.592. The molecule has 29 heavy (non-hydrogen) atoms. The first kappa shape index (κ1) is 22.6. The van der Waals surface area contributed by atoms with Crippen molar-refractivity contribution in [2.24, 2.45) is 0 Å². The SMILES string of the molecule is CCOC(=O)c1cc(CC)sc1NC(=O)COC(=O)CN(C)c1ccc(Cl)nn1. The number of ether oxygens (including phenoxy) is 2. The molecule has 11 heteroatoms. The summed E-state index contributed by atoms with van der Waals surface area (Å²) in [5.41, 5.74) is 0.287. The van der Waals surface area contributed by atoms with Crippen LogP contribution in [-0.4, -0.2) is 54.8 Å². The lowest BCUT2D eigenvalue weighted by molar-refractivity contribution is -0.145. The first-order valence-corrected chi connectivity index (χ1v) is 9.99. The third kappa shape index (κ3) is 6.68. The maximum Gasteiger partial charge on any atom is 0.341 e. The first-order chi connectivity index (χ1) is 13.8. The van der Waals surface area contributed by atoms with Gasteiger partial charge >= 0.3 is 11.9 Å². The summed E-state index contributed by atoms with van der Waals surface area (Å²) in [7, 11) is 1.63. The summed E-state index contributed by atoms with van der Waals surface area (Å²) in [5, 5.41) is 10.8. The Labute approximate surface area is 177 Å². The molecule has 1 N–H and O–H groups in total. The van der Waals surface area contributed by atoms with E-state index in [9.17, 15) is 14.4 Å². The number of carbonyl (C=O) groups is 3. The van der Waals surface area contributed by atoms with Crippen LogP contribution in [0.2, 0.25) is 5.15 Å². The monoisotopic (exact) mass is 440 g/mol. The predicted octanol–water partition coefficient (Wildman–Crippen LogP) is 2.55. The Hall–Kier alpha value is -2.72. The second-order valence-corrected chi connectivity index (χ2v) is 7.33. The number of aryl methyl sites for hydroxylation is 1. The Balaban J connectivity index is 1.89. The molecule has 2 aromatic rings. The highest BCUT2D eigenvalue weighted by Crippen LogP contribution is 2.29. The van der Waals surface area contributed by atoms with Gasteiger partial charge in [0.1, 0.15) is 11.5 Å². The highest BCUT2D eigenvalue weighted by molar-refractivity contribution is 7.16. The highest BCUT2D eigenvalue weighted by Gasteiger charge is 2.19. The van der Waals surface area contributed by atoms with E-state index in [-0.39, 0.29) is 23.9 Å². The lowest BCUT2D eigenvalue weighted by Gasteiger charge is -2.16. The Morgan fingerprint density at radius 3 is 2.59 bits per heavy atom. The van der Waals surface area contributed by atoms with Crippen molar-refractivity contribution in [1.82, 2.24) is 10.2 Å². The molecule has 2 heterocycles. The van der Waals surface area contributed by atoms with Crippen molar-refractivity contribution in [3.05, 3.63) is 33.8 Å². The summed E-state index contributed by atoms with van der Waals surface area (Å²) >= 11 is 6.95. The minimum absolute atomic E-state index is 0.128. The van der Waals surface area contributed by atoms with E-state index < -0.39 is 24.5 Å². The molecule has 0 aliphatic carbocycles. The maximum atomic E-state index is 12.2. The topological polar surface area (TPSA) is 111 Å². The zero-order chi connectivity index (χ0) is 21.4. The predicted molar refractivity (Wildman–Crippen MR) is 110 cm³/mol. The smallest absolute Gasteiger partial charge is 0.341 e. The van der Waals surface area contributed by atoms with Crippen LogP contribution in [0, 0.1) is 0 Å². The molecule has 156 valence electrons. The Bertz CT molecular complexity index is 872. The van der Waals surface area contributed by atoms with Gasteiger partial charge in [0.2, 0.25) is 0 Å². The van der Waals surface area contributed by atoms with Crippen molar-refractivity contribution in [2.75, 3.05) is 37.0 Å². The number of hydrogen-bond donors (Lipinski definition) is 1. The van der Waals surface area contributed by atoms with Gasteiger partial charge in [-0.3, -0.25) is 9.59 Å². The first-order valence-electron chi connectivity index (χ1n) is 8.79. The van der Waals surface area contributed by atoms with Crippen LogP contribution in [0.15, 0.2) is 18.2 Å². The van der Waals surface area contributed by atoms with E-state index in [1.54, 1.807) is 32.2 Å². The molecule has 0 saturated heterocycles. The fraction of sp³-hybridized carbons (Fsp3) is 0.389. The number of anilines is 2. The molecule has 0 bridgehead atoms. The van der Waals surface area contributed by atoms with Gasteiger partial charge in [0.15, 0.2) is 17.6 Å². The van der Waals surface area contributed by atoms with Crippen LogP contribution in [0.1, 0.15) is 29.1 Å². The normalized spacial score (nSPS) is 10.3. The second kappa shape index (κ2) is 10.7. The molecule has 2 aromatic heterocycles. The molecule has 2 rings (SSSR count). The van der Waals surface area contributed by atoms with E-state index in [2.05, 4.69) is 15.5 Å². The summed E-state index contributed by atoms with van der Waals surface area (Å²) in [6, 6.07) is 4.84. The molecule has 0 spiro atoms. The van der Waals surface area contributed by atoms with Crippen LogP contribution in [0.4, 0.5) is 10.8 Å². The number of esters is 2. The van der Waals surface area contributed by atoms with Crippen molar-refractivity contribution < 1.29 is 23.9 Å².